The average Bonchev–Trinajstić information content (AvgIpc) is 2.96. The van der Waals surface area contributed by atoms with Crippen LogP contribution in [0, 0.1) is 10.1 Å². The molecular weight excluding hydrogens is 254 g/mol. The van der Waals surface area contributed by atoms with Gasteiger partial charge >= 0.3 is 11.8 Å². The minimum absolute atomic E-state index is 0.109. The number of hydrogen-bond acceptors (Lipinski definition) is 7. The van der Waals surface area contributed by atoms with E-state index in [0.29, 0.717) is 0 Å². The Hall–Kier alpha value is -2.65. The Morgan fingerprint density at radius 1 is 1.37 bits per heavy atom. The molecule has 0 aromatic carbocycles. The van der Waals surface area contributed by atoms with Crippen LogP contribution in [0.1, 0.15) is 26.5 Å². The summed E-state index contributed by atoms with van der Waals surface area (Å²) in [5, 5.41) is 25.0. The van der Waals surface area contributed by atoms with Crippen molar-refractivity contribution in [2.75, 3.05) is 0 Å². The van der Waals surface area contributed by atoms with E-state index in [4.69, 9.17) is 0 Å². The molecule has 0 amide bonds. The lowest BCUT2D eigenvalue weighted by Gasteiger charge is -2.16. The van der Waals surface area contributed by atoms with Crippen molar-refractivity contribution >= 4 is 11.8 Å². The van der Waals surface area contributed by atoms with Gasteiger partial charge in [0.25, 0.3) is 0 Å². The molecule has 0 aliphatic rings. The van der Waals surface area contributed by atoms with Gasteiger partial charge in [0.2, 0.25) is 0 Å². The molecule has 10 heteroatoms. The molecule has 0 aliphatic heterocycles. The highest BCUT2D eigenvalue weighted by Gasteiger charge is 2.36. The molecule has 2 rings (SSSR count). The van der Waals surface area contributed by atoms with Gasteiger partial charge in [0.05, 0.1) is 17.6 Å². The first kappa shape index (κ1) is 12.8. The molecule has 0 N–H and O–H groups in total. The topological polar surface area (TPSA) is 122 Å². The van der Waals surface area contributed by atoms with E-state index in [1.165, 1.54) is 12.4 Å². The molecule has 10 nitrogen and oxygen atoms in total. The Kier molecular flexibility index (Phi) is 2.85. The summed E-state index contributed by atoms with van der Waals surface area (Å²) in [5.74, 6) is -0.444. The van der Waals surface area contributed by atoms with E-state index in [1.807, 2.05) is 0 Å². The molecule has 2 aromatic rings. The van der Waals surface area contributed by atoms with Crippen LogP contribution in [0.2, 0.25) is 0 Å². The predicted octanol–water partition coefficient (Wildman–Crippen LogP) is 0.592. The maximum Gasteiger partial charge on any atom is 0.414 e. The quantitative estimate of drug-likeness (QED) is 0.546. The van der Waals surface area contributed by atoms with E-state index in [2.05, 4.69) is 20.6 Å². The van der Waals surface area contributed by atoms with Crippen LogP contribution < -0.4 is 0 Å². The first-order valence-corrected chi connectivity index (χ1v) is 5.34. The van der Waals surface area contributed by atoms with E-state index < -0.39 is 22.2 Å². The van der Waals surface area contributed by atoms with Crippen LogP contribution in [0.25, 0.3) is 0 Å². The molecule has 2 aromatic heterocycles. The smallest absolute Gasteiger partial charge is 0.358 e. The van der Waals surface area contributed by atoms with Crippen LogP contribution in [0.3, 0.4) is 0 Å². The van der Waals surface area contributed by atoms with Gasteiger partial charge < -0.3 is 10.1 Å². The highest BCUT2D eigenvalue weighted by Crippen LogP contribution is 2.29. The summed E-state index contributed by atoms with van der Waals surface area (Å²) in [6, 6.07) is -0.678. The number of carbonyl (C=O) groups is 1. The highest BCUT2D eigenvalue weighted by molar-refractivity contribution is 5.78. The Balaban J connectivity index is 2.59. The lowest BCUT2D eigenvalue weighted by molar-refractivity contribution is -0.390. The van der Waals surface area contributed by atoms with Crippen molar-refractivity contribution in [2.45, 2.75) is 26.2 Å². The summed E-state index contributed by atoms with van der Waals surface area (Å²) in [5.41, 5.74) is -0.569. The van der Waals surface area contributed by atoms with E-state index in [1.54, 1.807) is 20.8 Å². The highest BCUT2D eigenvalue weighted by atomic mass is 16.6. The van der Waals surface area contributed by atoms with E-state index >= 15 is 0 Å². The second-order valence-corrected chi connectivity index (χ2v) is 4.81. The number of aromatic nitrogens is 6. The zero-order valence-corrected chi connectivity index (χ0v) is 10.5. The van der Waals surface area contributed by atoms with E-state index in [0.717, 1.165) is 9.36 Å². The molecule has 100 valence electrons. The number of nitro groups is 1. The Morgan fingerprint density at radius 3 is 2.53 bits per heavy atom. The molecule has 0 unspecified atom stereocenters. The zero-order valence-electron chi connectivity index (χ0n) is 10.5. The summed E-state index contributed by atoms with van der Waals surface area (Å²) in [6.45, 7) is 5.18. The molecule has 2 heterocycles. The molecule has 0 atom stereocenters. The van der Waals surface area contributed by atoms with Crippen LogP contribution in [0.15, 0.2) is 12.4 Å². The molecule has 0 radical (unpaired) electrons. The third kappa shape index (κ3) is 2.19. The molecule has 0 saturated carbocycles. The molecule has 0 bridgehead atoms. The number of hydrogen-bond donors (Lipinski definition) is 0. The van der Waals surface area contributed by atoms with E-state index in [9.17, 15) is 14.9 Å². The first-order valence-electron chi connectivity index (χ1n) is 5.34. The van der Waals surface area contributed by atoms with Gasteiger partial charge in [0.1, 0.15) is 5.10 Å². The number of carbonyl (C=O) groups excluding carboxylic acids is 1. The van der Waals surface area contributed by atoms with Crippen molar-refractivity contribution in [1.82, 2.24) is 30.0 Å². The summed E-state index contributed by atoms with van der Waals surface area (Å²) in [4.78, 5) is 22.4. The van der Waals surface area contributed by atoms with Crippen LogP contribution in [0.4, 0.5) is 10.6 Å². The minimum atomic E-state index is -0.678. The monoisotopic (exact) mass is 265 g/mol. The molecule has 0 spiro atoms. The van der Waals surface area contributed by atoms with Gasteiger partial charge in [-0.25, -0.2) is 4.79 Å². The maximum atomic E-state index is 12.1. The van der Waals surface area contributed by atoms with Crippen LogP contribution in [-0.2, 0) is 5.41 Å². The average molecular weight is 265 g/mol. The van der Waals surface area contributed by atoms with Gasteiger partial charge in [-0.3, -0.25) is 0 Å². The number of rotatable bonds is 1. The van der Waals surface area contributed by atoms with Crippen molar-refractivity contribution in [1.29, 1.82) is 0 Å². The normalized spacial score (nSPS) is 11.5. The largest absolute Gasteiger partial charge is 0.414 e. The summed E-state index contributed by atoms with van der Waals surface area (Å²) < 4.78 is 1.79. The summed E-state index contributed by atoms with van der Waals surface area (Å²) in [7, 11) is 0. The van der Waals surface area contributed by atoms with Crippen LogP contribution in [-0.4, -0.2) is 40.9 Å². The van der Waals surface area contributed by atoms with Crippen molar-refractivity contribution in [3.63, 3.8) is 0 Å². The van der Waals surface area contributed by atoms with Crippen molar-refractivity contribution in [3.8, 4) is 0 Å². The fourth-order valence-corrected chi connectivity index (χ4v) is 1.59. The second-order valence-electron chi connectivity index (χ2n) is 4.81. The lowest BCUT2D eigenvalue weighted by atomic mass is 9.92. The molecule has 0 saturated heterocycles. The Labute approximate surface area is 107 Å². The van der Waals surface area contributed by atoms with Gasteiger partial charge in [0.15, 0.2) is 5.69 Å². The molecular formula is C9H11N7O3. The Bertz CT molecular complexity index is 623. The van der Waals surface area contributed by atoms with Gasteiger partial charge in [-0.2, -0.15) is 4.68 Å². The molecule has 0 aliphatic carbocycles. The third-order valence-corrected chi connectivity index (χ3v) is 2.34. The van der Waals surface area contributed by atoms with E-state index in [-0.39, 0.29) is 5.69 Å². The Morgan fingerprint density at radius 2 is 2.05 bits per heavy atom. The fraction of sp³-hybridized carbons (Fsp3) is 0.444. The van der Waals surface area contributed by atoms with Crippen molar-refractivity contribution in [2.24, 2.45) is 0 Å². The first-order chi connectivity index (χ1) is 8.82. The second kappa shape index (κ2) is 4.23. The molecule has 0 fully saturated rings. The van der Waals surface area contributed by atoms with Gasteiger partial charge in [0, 0.05) is 5.41 Å². The zero-order chi connectivity index (χ0) is 14.2. The number of nitrogens with zero attached hydrogens (tertiary/aromatic N) is 7. The standard InChI is InChI=1S/C9H11N7O3/c1-9(2,3)6-7(16(18)19)11-13-15(6)8(17)14-5-4-10-12-14/h4-5H,1-3H3. The summed E-state index contributed by atoms with van der Waals surface area (Å²) >= 11 is 0. The van der Waals surface area contributed by atoms with Gasteiger partial charge in [-0.1, -0.05) is 26.0 Å². The van der Waals surface area contributed by atoms with Gasteiger partial charge in [-0.05, 0) is 4.92 Å². The van der Waals surface area contributed by atoms with Crippen molar-refractivity contribution < 1.29 is 9.72 Å². The third-order valence-electron chi connectivity index (χ3n) is 2.34. The summed E-state index contributed by atoms with van der Waals surface area (Å²) in [6.07, 6.45) is 2.64. The SMILES string of the molecule is CC(C)(C)c1c([N+](=O)[O-])nnn1C(=O)n1ccnn1. The van der Waals surface area contributed by atoms with Crippen LogP contribution in [0.5, 0.6) is 0 Å². The van der Waals surface area contributed by atoms with Crippen molar-refractivity contribution in [3.05, 3.63) is 28.2 Å². The van der Waals surface area contributed by atoms with Gasteiger partial charge in [-0.15, -0.1) is 9.78 Å². The fourth-order valence-electron chi connectivity index (χ4n) is 1.59. The van der Waals surface area contributed by atoms with Crippen LogP contribution >= 0.6 is 0 Å². The maximum absolute atomic E-state index is 12.1. The minimum Gasteiger partial charge on any atom is -0.358 e. The predicted molar refractivity (Wildman–Crippen MR) is 61.6 cm³/mol. The molecule has 19 heavy (non-hydrogen) atoms. The lowest BCUT2D eigenvalue weighted by Crippen LogP contribution is -2.28.